The van der Waals surface area contributed by atoms with E-state index in [4.69, 9.17) is 5.26 Å². The van der Waals surface area contributed by atoms with E-state index in [2.05, 4.69) is 15.5 Å². The first kappa shape index (κ1) is 13.8. The van der Waals surface area contributed by atoms with Gasteiger partial charge in [0.25, 0.3) is 0 Å². The highest BCUT2D eigenvalue weighted by molar-refractivity contribution is 5.65. The number of hydrogen-bond donors (Lipinski definition) is 1. The summed E-state index contributed by atoms with van der Waals surface area (Å²) in [4.78, 5) is 0. The molecule has 1 aromatic carbocycles. The third-order valence-corrected chi connectivity index (χ3v) is 2.82. The molecule has 0 spiro atoms. The number of halogens is 3. The molecule has 1 aromatic heterocycles. The fraction of sp³-hybridized carbons (Fsp3) is 0.154. The first-order chi connectivity index (χ1) is 9.43. The quantitative estimate of drug-likeness (QED) is 0.916. The molecular formula is C13H9F3N4. The van der Waals surface area contributed by atoms with Crippen molar-refractivity contribution in [2.45, 2.75) is 13.8 Å². The number of rotatable bonds is 2. The van der Waals surface area contributed by atoms with E-state index in [1.54, 1.807) is 13.8 Å². The molecule has 0 saturated heterocycles. The number of anilines is 2. The number of aryl methyl sites for hydroxylation is 1. The highest BCUT2D eigenvalue weighted by atomic mass is 19.1. The molecule has 0 bridgehead atoms. The van der Waals surface area contributed by atoms with Crippen LogP contribution in [0.15, 0.2) is 12.1 Å². The van der Waals surface area contributed by atoms with Crippen molar-refractivity contribution in [1.82, 2.24) is 10.2 Å². The second kappa shape index (κ2) is 5.17. The number of aromatic nitrogens is 2. The van der Waals surface area contributed by atoms with Gasteiger partial charge in [-0.05, 0) is 19.4 Å². The second-order valence-corrected chi connectivity index (χ2v) is 4.12. The molecule has 2 aromatic rings. The van der Waals surface area contributed by atoms with Crippen LogP contribution in [0.1, 0.15) is 16.8 Å². The summed E-state index contributed by atoms with van der Waals surface area (Å²) in [5.41, 5.74) is 0.626. The van der Waals surface area contributed by atoms with Crippen LogP contribution in [-0.2, 0) is 0 Å². The van der Waals surface area contributed by atoms with Crippen molar-refractivity contribution in [3.8, 4) is 6.07 Å². The van der Waals surface area contributed by atoms with Crippen molar-refractivity contribution in [3.63, 3.8) is 0 Å². The van der Waals surface area contributed by atoms with Crippen LogP contribution in [-0.4, -0.2) is 10.2 Å². The van der Waals surface area contributed by atoms with Crippen molar-refractivity contribution in [3.05, 3.63) is 46.4 Å². The standard InChI is InChI=1S/C13H9F3N4/c1-6-7(2)19-20-13(9(6)5-17)18-12-10(15)3-8(14)4-11(12)16/h3-4H,1-2H3,(H,18,20). The molecule has 0 saturated carbocycles. The lowest BCUT2D eigenvalue weighted by Gasteiger charge is -2.11. The number of nitrogens with zero attached hydrogens (tertiary/aromatic N) is 3. The molecule has 4 nitrogen and oxygen atoms in total. The minimum atomic E-state index is -1.12. The third kappa shape index (κ3) is 2.40. The van der Waals surface area contributed by atoms with E-state index in [1.165, 1.54) is 0 Å². The van der Waals surface area contributed by atoms with Gasteiger partial charge in [-0.3, -0.25) is 0 Å². The van der Waals surface area contributed by atoms with E-state index in [0.29, 0.717) is 23.4 Å². The lowest BCUT2D eigenvalue weighted by molar-refractivity contribution is 0.548. The monoisotopic (exact) mass is 278 g/mol. The summed E-state index contributed by atoms with van der Waals surface area (Å²) >= 11 is 0. The number of nitrogens with one attached hydrogen (secondary N) is 1. The maximum atomic E-state index is 13.5. The Morgan fingerprint density at radius 2 is 1.70 bits per heavy atom. The normalized spacial score (nSPS) is 10.2. The summed E-state index contributed by atoms with van der Waals surface area (Å²) in [5.74, 6) is -3.35. The van der Waals surface area contributed by atoms with Crippen LogP contribution in [0.4, 0.5) is 24.7 Å². The first-order valence-electron chi connectivity index (χ1n) is 5.59. The third-order valence-electron chi connectivity index (χ3n) is 2.82. The molecule has 0 atom stereocenters. The van der Waals surface area contributed by atoms with E-state index in [0.717, 1.165) is 0 Å². The van der Waals surface area contributed by atoms with Crippen LogP contribution < -0.4 is 5.32 Å². The molecule has 0 unspecified atom stereocenters. The van der Waals surface area contributed by atoms with E-state index in [1.807, 2.05) is 6.07 Å². The Bertz CT molecular complexity index is 699. The van der Waals surface area contributed by atoms with Gasteiger partial charge in [0.15, 0.2) is 17.5 Å². The molecule has 0 amide bonds. The summed E-state index contributed by atoms with van der Waals surface area (Å²) in [7, 11) is 0. The van der Waals surface area contributed by atoms with Crippen LogP contribution >= 0.6 is 0 Å². The summed E-state index contributed by atoms with van der Waals surface area (Å²) < 4.78 is 39.9. The average Bonchev–Trinajstić information content (AvgIpc) is 2.38. The topological polar surface area (TPSA) is 61.6 Å². The van der Waals surface area contributed by atoms with Crippen LogP contribution in [0.5, 0.6) is 0 Å². The number of hydrogen-bond acceptors (Lipinski definition) is 4. The largest absolute Gasteiger partial charge is 0.333 e. The SMILES string of the molecule is Cc1nnc(Nc2c(F)cc(F)cc2F)c(C#N)c1C. The molecule has 102 valence electrons. The van der Waals surface area contributed by atoms with E-state index < -0.39 is 23.1 Å². The minimum absolute atomic E-state index is 0.0833. The van der Waals surface area contributed by atoms with Gasteiger partial charge < -0.3 is 5.32 Å². The maximum absolute atomic E-state index is 13.5. The van der Waals surface area contributed by atoms with Gasteiger partial charge in [-0.2, -0.15) is 10.4 Å². The van der Waals surface area contributed by atoms with Gasteiger partial charge in [-0.1, -0.05) is 0 Å². The summed E-state index contributed by atoms with van der Waals surface area (Å²) in [5, 5.41) is 18.9. The Hall–Kier alpha value is -2.62. The van der Waals surface area contributed by atoms with E-state index in [9.17, 15) is 13.2 Å². The van der Waals surface area contributed by atoms with Crippen LogP contribution in [0.25, 0.3) is 0 Å². The van der Waals surface area contributed by atoms with Gasteiger partial charge >= 0.3 is 0 Å². The van der Waals surface area contributed by atoms with Crippen molar-refractivity contribution < 1.29 is 13.2 Å². The predicted octanol–water partition coefficient (Wildman–Crippen LogP) is 3.13. The van der Waals surface area contributed by atoms with Crippen molar-refractivity contribution in [2.24, 2.45) is 0 Å². The Morgan fingerprint density at radius 1 is 1.10 bits per heavy atom. The second-order valence-electron chi connectivity index (χ2n) is 4.12. The number of nitriles is 1. The predicted molar refractivity (Wildman–Crippen MR) is 65.8 cm³/mol. The van der Waals surface area contributed by atoms with Crippen molar-refractivity contribution >= 4 is 11.5 Å². The molecule has 20 heavy (non-hydrogen) atoms. The van der Waals surface area contributed by atoms with Gasteiger partial charge in [0.05, 0.1) is 5.69 Å². The molecule has 7 heteroatoms. The average molecular weight is 278 g/mol. The maximum Gasteiger partial charge on any atom is 0.171 e. The van der Waals surface area contributed by atoms with Crippen molar-refractivity contribution in [1.29, 1.82) is 5.26 Å². The van der Waals surface area contributed by atoms with E-state index in [-0.39, 0.29) is 11.4 Å². The highest BCUT2D eigenvalue weighted by Gasteiger charge is 2.16. The molecular weight excluding hydrogens is 269 g/mol. The minimum Gasteiger partial charge on any atom is -0.333 e. The van der Waals surface area contributed by atoms with Gasteiger partial charge in [-0.15, -0.1) is 5.10 Å². The summed E-state index contributed by atoms with van der Waals surface area (Å²) in [6, 6.07) is 2.96. The van der Waals surface area contributed by atoms with Gasteiger partial charge in [0.1, 0.15) is 23.1 Å². The van der Waals surface area contributed by atoms with Gasteiger partial charge in [0.2, 0.25) is 0 Å². The Labute approximate surface area is 112 Å². The molecule has 0 radical (unpaired) electrons. The summed E-state index contributed by atoms with van der Waals surface area (Å²) in [6.07, 6.45) is 0. The molecule has 0 aliphatic heterocycles. The zero-order valence-electron chi connectivity index (χ0n) is 10.6. The highest BCUT2D eigenvalue weighted by Crippen LogP contribution is 2.26. The smallest absolute Gasteiger partial charge is 0.171 e. The lowest BCUT2D eigenvalue weighted by Crippen LogP contribution is -2.06. The fourth-order valence-electron chi connectivity index (χ4n) is 1.61. The summed E-state index contributed by atoms with van der Waals surface area (Å²) in [6.45, 7) is 3.30. The van der Waals surface area contributed by atoms with Crippen molar-refractivity contribution in [2.75, 3.05) is 5.32 Å². The van der Waals surface area contributed by atoms with Gasteiger partial charge in [-0.25, -0.2) is 13.2 Å². The zero-order valence-corrected chi connectivity index (χ0v) is 10.6. The lowest BCUT2D eigenvalue weighted by atomic mass is 10.1. The molecule has 2 rings (SSSR count). The molecule has 0 fully saturated rings. The molecule has 0 aliphatic rings. The van der Waals surface area contributed by atoms with Crippen LogP contribution in [0, 0.1) is 42.6 Å². The molecule has 0 aliphatic carbocycles. The molecule has 1 N–H and O–H groups in total. The Balaban J connectivity index is 2.52. The van der Waals surface area contributed by atoms with Crippen LogP contribution in [0.3, 0.4) is 0 Å². The van der Waals surface area contributed by atoms with Crippen LogP contribution in [0.2, 0.25) is 0 Å². The van der Waals surface area contributed by atoms with Gasteiger partial charge in [0, 0.05) is 12.1 Å². The fourth-order valence-corrected chi connectivity index (χ4v) is 1.61. The first-order valence-corrected chi connectivity index (χ1v) is 5.59. The van der Waals surface area contributed by atoms with E-state index >= 15 is 0 Å². The number of benzene rings is 1. The Morgan fingerprint density at radius 3 is 2.25 bits per heavy atom. The zero-order chi connectivity index (χ0) is 14.9. The molecule has 1 heterocycles. The Kier molecular flexibility index (Phi) is 3.57.